The number of esters is 1. The van der Waals surface area contributed by atoms with Gasteiger partial charge in [-0.2, -0.15) is 4.31 Å². The van der Waals surface area contributed by atoms with Crippen LogP contribution >= 0.6 is 0 Å². The molecule has 0 N–H and O–H groups in total. The molecule has 0 atom stereocenters. The summed E-state index contributed by atoms with van der Waals surface area (Å²) in [5, 5.41) is 11.1. The molecule has 1 aliphatic rings. The molecule has 0 bridgehead atoms. The fourth-order valence-corrected chi connectivity index (χ4v) is 4.55. The molecular weight excluding hydrogens is 384 g/mol. The number of nitrogens with zero attached hydrogens (tertiary/aromatic N) is 2. The number of carbonyl (C=O) groups is 1. The number of carbonyl (C=O) groups excluding carboxylic acids is 1. The van der Waals surface area contributed by atoms with E-state index >= 15 is 0 Å². The van der Waals surface area contributed by atoms with E-state index in [4.69, 9.17) is 4.74 Å². The molecule has 0 radical (unpaired) electrons. The summed E-state index contributed by atoms with van der Waals surface area (Å²) in [6.45, 7) is 2.70. The van der Waals surface area contributed by atoms with E-state index in [1.54, 1.807) is 13.0 Å². The number of sulfonamides is 1. The third kappa shape index (κ3) is 4.20. The van der Waals surface area contributed by atoms with E-state index in [1.807, 2.05) is 0 Å². The Hall–Kier alpha value is -2.78. The van der Waals surface area contributed by atoms with Crippen molar-refractivity contribution in [1.29, 1.82) is 0 Å². The summed E-state index contributed by atoms with van der Waals surface area (Å²) < 4.78 is 31.9. The van der Waals surface area contributed by atoms with Crippen molar-refractivity contribution in [3.63, 3.8) is 0 Å². The van der Waals surface area contributed by atoms with Gasteiger partial charge < -0.3 is 4.74 Å². The summed E-state index contributed by atoms with van der Waals surface area (Å²) in [4.78, 5) is 22.9. The quantitative estimate of drug-likeness (QED) is 0.328. The van der Waals surface area contributed by atoms with E-state index in [0.717, 1.165) is 19.3 Å². The SMILES string of the molecule is Cc1ccc([N+](=O)[O-])c(OC(=O)c2ccc(S(=O)(=O)N3CCCCC3)cc2)c1. The highest BCUT2D eigenvalue weighted by Gasteiger charge is 2.26. The van der Waals surface area contributed by atoms with Crippen LogP contribution in [0.2, 0.25) is 0 Å². The lowest BCUT2D eigenvalue weighted by Crippen LogP contribution is -2.35. The molecule has 0 unspecified atom stereocenters. The highest BCUT2D eigenvalue weighted by molar-refractivity contribution is 7.89. The summed E-state index contributed by atoms with van der Waals surface area (Å²) in [5.41, 5.74) is 0.494. The monoisotopic (exact) mass is 404 g/mol. The molecule has 8 nitrogen and oxygen atoms in total. The van der Waals surface area contributed by atoms with Crippen LogP contribution in [0, 0.1) is 17.0 Å². The number of aryl methyl sites for hydroxylation is 1. The van der Waals surface area contributed by atoms with E-state index < -0.39 is 20.9 Å². The third-order valence-electron chi connectivity index (χ3n) is 4.56. The third-order valence-corrected chi connectivity index (χ3v) is 6.47. The minimum absolute atomic E-state index is 0.104. The Labute approximate surface area is 162 Å². The minimum atomic E-state index is -3.60. The van der Waals surface area contributed by atoms with Crippen molar-refractivity contribution in [2.45, 2.75) is 31.1 Å². The number of nitro benzene ring substituents is 1. The normalized spacial score (nSPS) is 15.2. The molecule has 1 fully saturated rings. The average Bonchev–Trinajstić information content (AvgIpc) is 2.68. The number of piperidine rings is 1. The predicted molar refractivity (Wildman–Crippen MR) is 102 cm³/mol. The zero-order valence-electron chi connectivity index (χ0n) is 15.3. The van der Waals surface area contributed by atoms with Gasteiger partial charge in [-0.25, -0.2) is 13.2 Å². The molecule has 2 aromatic rings. The van der Waals surface area contributed by atoms with E-state index in [2.05, 4.69) is 0 Å². The molecule has 9 heteroatoms. The Kier molecular flexibility index (Phi) is 5.76. The summed E-state index contributed by atoms with van der Waals surface area (Å²) in [7, 11) is -3.60. The Morgan fingerprint density at radius 2 is 1.71 bits per heavy atom. The van der Waals surface area contributed by atoms with Gasteiger partial charge in [0.15, 0.2) is 0 Å². The molecule has 1 saturated heterocycles. The number of hydrogen-bond donors (Lipinski definition) is 0. The molecule has 0 aliphatic carbocycles. The molecule has 0 saturated carbocycles. The largest absolute Gasteiger partial charge is 0.416 e. The van der Waals surface area contributed by atoms with E-state index in [0.29, 0.717) is 18.7 Å². The van der Waals surface area contributed by atoms with E-state index in [9.17, 15) is 23.3 Å². The number of nitro groups is 1. The number of rotatable bonds is 5. The minimum Gasteiger partial charge on any atom is -0.416 e. The molecule has 0 amide bonds. The maximum absolute atomic E-state index is 12.7. The molecule has 0 aromatic heterocycles. The van der Waals surface area contributed by atoms with Gasteiger partial charge in [-0.05, 0) is 55.7 Å². The van der Waals surface area contributed by atoms with Crippen molar-refractivity contribution >= 4 is 21.7 Å². The van der Waals surface area contributed by atoms with Crippen LogP contribution in [-0.2, 0) is 10.0 Å². The summed E-state index contributed by atoms with van der Waals surface area (Å²) >= 11 is 0. The second-order valence-electron chi connectivity index (χ2n) is 6.61. The first kappa shape index (κ1) is 20.0. The van der Waals surface area contributed by atoms with Crippen molar-refractivity contribution < 1.29 is 22.9 Å². The summed E-state index contributed by atoms with van der Waals surface area (Å²) in [5.74, 6) is -0.948. The molecule has 148 valence electrons. The van der Waals surface area contributed by atoms with E-state index in [-0.39, 0.29) is 21.9 Å². The first-order valence-electron chi connectivity index (χ1n) is 8.86. The molecule has 28 heavy (non-hydrogen) atoms. The van der Waals surface area contributed by atoms with Gasteiger partial charge in [0.05, 0.1) is 15.4 Å². The van der Waals surface area contributed by atoms with Gasteiger partial charge in [-0.1, -0.05) is 12.5 Å². The van der Waals surface area contributed by atoms with Crippen LogP contribution < -0.4 is 4.74 Å². The van der Waals surface area contributed by atoms with Gasteiger partial charge in [0.1, 0.15) is 0 Å². The van der Waals surface area contributed by atoms with Crippen molar-refractivity contribution in [1.82, 2.24) is 4.31 Å². The van der Waals surface area contributed by atoms with Crippen LogP contribution in [-0.4, -0.2) is 36.7 Å². The zero-order valence-corrected chi connectivity index (χ0v) is 16.1. The van der Waals surface area contributed by atoms with Crippen LogP contribution in [0.3, 0.4) is 0 Å². The van der Waals surface area contributed by atoms with Gasteiger partial charge in [0.25, 0.3) is 0 Å². The summed E-state index contributed by atoms with van der Waals surface area (Å²) in [6.07, 6.45) is 2.68. The first-order valence-corrected chi connectivity index (χ1v) is 10.3. The van der Waals surface area contributed by atoms with Gasteiger partial charge in [0.2, 0.25) is 15.8 Å². The van der Waals surface area contributed by atoms with Crippen molar-refractivity contribution in [2.75, 3.05) is 13.1 Å². The van der Waals surface area contributed by atoms with E-state index in [1.165, 1.54) is 40.7 Å². The molecule has 0 spiro atoms. The Bertz CT molecular complexity index is 996. The van der Waals surface area contributed by atoms with Crippen LogP contribution in [0.4, 0.5) is 5.69 Å². The number of benzene rings is 2. The fourth-order valence-electron chi connectivity index (χ4n) is 3.03. The first-order chi connectivity index (χ1) is 13.3. The topological polar surface area (TPSA) is 107 Å². The molecule has 1 heterocycles. The molecule has 3 rings (SSSR count). The number of ether oxygens (including phenoxy) is 1. The van der Waals surface area contributed by atoms with Crippen molar-refractivity contribution in [3.05, 3.63) is 63.7 Å². The van der Waals surface area contributed by atoms with Gasteiger partial charge in [0, 0.05) is 19.2 Å². The number of hydrogen-bond acceptors (Lipinski definition) is 6. The van der Waals surface area contributed by atoms with Gasteiger partial charge in [-0.3, -0.25) is 10.1 Å². The zero-order chi connectivity index (χ0) is 20.3. The second kappa shape index (κ2) is 8.07. The van der Waals surface area contributed by atoms with Crippen LogP contribution in [0.15, 0.2) is 47.4 Å². The highest BCUT2D eigenvalue weighted by atomic mass is 32.2. The Morgan fingerprint density at radius 1 is 1.07 bits per heavy atom. The van der Waals surface area contributed by atoms with Crippen LogP contribution in [0.1, 0.15) is 35.2 Å². The van der Waals surface area contributed by atoms with Crippen LogP contribution in [0.5, 0.6) is 5.75 Å². The van der Waals surface area contributed by atoms with Crippen molar-refractivity contribution in [2.24, 2.45) is 0 Å². The molecule has 2 aromatic carbocycles. The van der Waals surface area contributed by atoms with Crippen molar-refractivity contribution in [3.8, 4) is 5.75 Å². The van der Waals surface area contributed by atoms with Gasteiger partial charge >= 0.3 is 11.7 Å². The fraction of sp³-hybridized carbons (Fsp3) is 0.316. The Morgan fingerprint density at radius 3 is 2.32 bits per heavy atom. The van der Waals surface area contributed by atoms with Gasteiger partial charge in [-0.15, -0.1) is 0 Å². The smallest absolute Gasteiger partial charge is 0.343 e. The molecule has 1 aliphatic heterocycles. The lowest BCUT2D eigenvalue weighted by Gasteiger charge is -2.25. The highest BCUT2D eigenvalue weighted by Crippen LogP contribution is 2.29. The lowest BCUT2D eigenvalue weighted by molar-refractivity contribution is -0.385. The maximum Gasteiger partial charge on any atom is 0.343 e. The summed E-state index contributed by atoms with van der Waals surface area (Å²) in [6, 6.07) is 9.63. The average molecular weight is 404 g/mol. The maximum atomic E-state index is 12.7. The van der Waals surface area contributed by atoms with Crippen LogP contribution in [0.25, 0.3) is 0 Å². The Balaban J connectivity index is 1.79. The predicted octanol–water partition coefficient (Wildman–Crippen LogP) is 3.30. The lowest BCUT2D eigenvalue weighted by atomic mass is 10.2. The second-order valence-corrected chi connectivity index (χ2v) is 8.54. The molecular formula is C19H20N2O6S. The standard InChI is InChI=1S/C19H20N2O6S/c1-14-5-10-17(21(23)24)18(13-14)27-19(22)15-6-8-16(9-7-15)28(25,26)20-11-3-2-4-12-20/h5-10,13H,2-4,11-12H2,1H3.